The topological polar surface area (TPSA) is 17.1 Å². The van der Waals surface area contributed by atoms with Crippen molar-refractivity contribution in [3.63, 3.8) is 0 Å². The van der Waals surface area contributed by atoms with Gasteiger partial charge in [-0.3, -0.25) is 4.79 Å². The van der Waals surface area contributed by atoms with Crippen LogP contribution in [0.4, 0.5) is 0 Å². The molecule has 0 aliphatic rings. The summed E-state index contributed by atoms with van der Waals surface area (Å²) in [5, 5.41) is 3.19. The van der Waals surface area contributed by atoms with E-state index in [1.807, 2.05) is 17.5 Å². The summed E-state index contributed by atoms with van der Waals surface area (Å²) in [6.45, 7) is 2.09. The number of rotatable bonds is 2. The molecule has 0 N–H and O–H groups in total. The second-order valence-corrected chi connectivity index (χ2v) is 4.47. The van der Waals surface area contributed by atoms with Gasteiger partial charge in [-0.15, -0.1) is 24.0 Å². The molecule has 0 atom stereocenters. The lowest BCUT2D eigenvalue weighted by atomic mass is 10.1. The number of thiophene rings is 1. The van der Waals surface area contributed by atoms with E-state index in [4.69, 9.17) is 0 Å². The van der Waals surface area contributed by atoms with Gasteiger partial charge in [0.05, 0.1) is 0 Å². The van der Waals surface area contributed by atoms with E-state index in [0.29, 0.717) is 5.56 Å². The lowest BCUT2D eigenvalue weighted by Crippen LogP contribution is -1.90. The molecule has 0 saturated carbocycles. The number of fused-ring (bicyclic) bond motifs is 1. The lowest BCUT2D eigenvalue weighted by molar-refractivity contribution is 0.112. The van der Waals surface area contributed by atoms with Crippen molar-refractivity contribution in [3.8, 4) is 0 Å². The maximum Gasteiger partial charge on any atom is 0.151 e. The molecule has 0 amide bonds. The molecule has 0 unspecified atom stereocenters. The highest BCUT2D eigenvalue weighted by atomic mass is 32.1. The minimum atomic E-state index is 0.691. The highest BCUT2D eigenvalue weighted by molar-refractivity contribution is 7.80. The van der Waals surface area contributed by atoms with Gasteiger partial charge in [-0.05, 0) is 34.9 Å². The van der Waals surface area contributed by atoms with Crippen LogP contribution in [0.2, 0.25) is 0 Å². The Kier molecular flexibility index (Phi) is 2.61. The lowest BCUT2D eigenvalue weighted by Gasteiger charge is -2.06. The Morgan fingerprint density at radius 1 is 1.57 bits per heavy atom. The first kappa shape index (κ1) is 9.74. The quantitative estimate of drug-likeness (QED) is 0.607. The zero-order valence-electron chi connectivity index (χ0n) is 7.78. The van der Waals surface area contributed by atoms with Crippen LogP contribution < -0.4 is 0 Å². The van der Waals surface area contributed by atoms with E-state index in [1.54, 1.807) is 11.3 Å². The van der Waals surface area contributed by atoms with Crippen LogP contribution in [-0.2, 0) is 6.42 Å². The maximum absolute atomic E-state index is 10.8. The predicted molar refractivity (Wildman–Crippen MR) is 63.8 cm³/mol. The largest absolute Gasteiger partial charge is 0.298 e. The predicted octanol–water partition coefficient (Wildman–Crippen LogP) is 3.56. The first-order valence-electron chi connectivity index (χ1n) is 4.45. The molecular formula is C11H10OS2. The molecule has 0 aliphatic heterocycles. The second-order valence-electron chi connectivity index (χ2n) is 3.10. The van der Waals surface area contributed by atoms with Gasteiger partial charge in [0.2, 0.25) is 0 Å². The van der Waals surface area contributed by atoms with Gasteiger partial charge in [0.15, 0.2) is 6.29 Å². The highest BCUT2D eigenvalue weighted by Crippen LogP contribution is 2.32. The average Bonchev–Trinajstić information content (AvgIpc) is 2.64. The fourth-order valence-electron chi connectivity index (χ4n) is 1.61. The van der Waals surface area contributed by atoms with Crippen LogP contribution in [-0.4, -0.2) is 6.29 Å². The van der Waals surface area contributed by atoms with Crippen molar-refractivity contribution in [2.24, 2.45) is 0 Å². The van der Waals surface area contributed by atoms with E-state index in [0.717, 1.165) is 23.0 Å². The summed E-state index contributed by atoms with van der Waals surface area (Å²) in [5.74, 6) is 0. The van der Waals surface area contributed by atoms with Crippen molar-refractivity contribution in [1.29, 1.82) is 0 Å². The molecule has 72 valence electrons. The van der Waals surface area contributed by atoms with Crippen molar-refractivity contribution >= 4 is 40.3 Å². The third-order valence-corrected chi connectivity index (χ3v) is 3.84. The minimum absolute atomic E-state index is 0.691. The van der Waals surface area contributed by atoms with E-state index in [2.05, 4.69) is 19.6 Å². The van der Waals surface area contributed by atoms with Gasteiger partial charge in [0, 0.05) is 15.2 Å². The first-order chi connectivity index (χ1) is 6.77. The number of hydrogen-bond donors (Lipinski definition) is 1. The fraction of sp³-hybridized carbons (Fsp3) is 0.182. The van der Waals surface area contributed by atoms with Crippen LogP contribution in [0, 0.1) is 0 Å². The number of carbonyl (C=O) groups excluding carboxylic acids is 1. The van der Waals surface area contributed by atoms with Crippen LogP contribution in [0.25, 0.3) is 10.1 Å². The molecule has 0 aliphatic carbocycles. The molecule has 1 nitrogen and oxygen atoms in total. The van der Waals surface area contributed by atoms with Crippen LogP contribution in [0.5, 0.6) is 0 Å². The van der Waals surface area contributed by atoms with E-state index in [1.165, 1.54) is 10.3 Å². The number of hydrogen-bond acceptors (Lipinski definition) is 3. The van der Waals surface area contributed by atoms with Gasteiger partial charge in [-0.1, -0.05) is 6.92 Å². The molecule has 0 spiro atoms. The standard InChI is InChI=1S/C11H10OS2/c1-2-9-10(13)8(6-12)5-7-3-4-14-11(7)9/h3-6,13H,2H2,1H3. The molecular weight excluding hydrogens is 212 g/mol. The average molecular weight is 222 g/mol. The molecule has 0 radical (unpaired) electrons. The highest BCUT2D eigenvalue weighted by Gasteiger charge is 2.09. The van der Waals surface area contributed by atoms with E-state index >= 15 is 0 Å². The molecule has 2 rings (SSSR count). The van der Waals surface area contributed by atoms with Gasteiger partial charge >= 0.3 is 0 Å². The number of benzene rings is 1. The molecule has 1 heterocycles. The molecule has 3 heteroatoms. The number of carbonyl (C=O) groups is 1. The van der Waals surface area contributed by atoms with Crippen LogP contribution in [0.15, 0.2) is 22.4 Å². The summed E-state index contributed by atoms with van der Waals surface area (Å²) < 4.78 is 1.25. The zero-order chi connectivity index (χ0) is 10.1. The zero-order valence-corrected chi connectivity index (χ0v) is 9.49. The Balaban J connectivity index is 2.87. The molecule has 0 fully saturated rings. The monoisotopic (exact) mass is 222 g/mol. The Morgan fingerprint density at radius 3 is 3.00 bits per heavy atom. The van der Waals surface area contributed by atoms with Gasteiger partial charge in [-0.2, -0.15) is 0 Å². The molecule has 14 heavy (non-hydrogen) atoms. The summed E-state index contributed by atoms with van der Waals surface area (Å²) in [6, 6.07) is 3.94. The van der Waals surface area contributed by atoms with Crippen molar-refractivity contribution in [3.05, 3.63) is 28.6 Å². The molecule has 1 aromatic carbocycles. The molecule has 0 bridgehead atoms. The summed E-state index contributed by atoms with van der Waals surface area (Å²) in [6.07, 6.45) is 1.79. The smallest absolute Gasteiger partial charge is 0.151 e. The Hall–Kier alpha value is -0.800. The van der Waals surface area contributed by atoms with Crippen molar-refractivity contribution in [2.45, 2.75) is 18.2 Å². The minimum Gasteiger partial charge on any atom is -0.298 e. The molecule has 2 aromatic rings. The first-order valence-corrected chi connectivity index (χ1v) is 5.77. The van der Waals surface area contributed by atoms with Gasteiger partial charge in [-0.25, -0.2) is 0 Å². The van der Waals surface area contributed by atoms with Crippen molar-refractivity contribution in [2.75, 3.05) is 0 Å². The number of aryl methyl sites for hydroxylation is 1. The number of thiol groups is 1. The third kappa shape index (κ3) is 1.37. The fourth-order valence-corrected chi connectivity index (χ4v) is 3.08. The second kappa shape index (κ2) is 3.75. The summed E-state index contributed by atoms with van der Waals surface area (Å²) >= 11 is 6.10. The van der Waals surface area contributed by atoms with Crippen LogP contribution >= 0.6 is 24.0 Å². The van der Waals surface area contributed by atoms with Gasteiger partial charge in [0.25, 0.3) is 0 Å². The van der Waals surface area contributed by atoms with Crippen molar-refractivity contribution < 1.29 is 4.79 Å². The molecule has 0 saturated heterocycles. The summed E-state index contributed by atoms with van der Waals surface area (Å²) in [5.41, 5.74) is 1.87. The molecule has 1 aromatic heterocycles. The Bertz CT molecular complexity index is 485. The summed E-state index contributed by atoms with van der Waals surface area (Å²) in [4.78, 5) is 11.6. The van der Waals surface area contributed by atoms with E-state index in [-0.39, 0.29) is 0 Å². The summed E-state index contributed by atoms with van der Waals surface area (Å²) in [7, 11) is 0. The third-order valence-electron chi connectivity index (χ3n) is 2.32. The van der Waals surface area contributed by atoms with E-state index in [9.17, 15) is 4.79 Å². The van der Waals surface area contributed by atoms with Crippen molar-refractivity contribution in [1.82, 2.24) is 0 Å². The van der Waals surface area contributed by atoms with Gasteiger partial charge in [0.1, 0.15) is 0 Å². The SMILES string of the molecule is CCc1c(S)c(C=O)cc2ccsc12. The normalized spacial score (nSPS) is 10.7. The maximum atomic E-state index is 10.8. The number of aldehydes is 1. The van der Waals surface area contributed by atoms with Gasteiger partial charge < -0.3 is 0 Å². The Labute approximate surface area is 92.2 Å². The van der Waals surface area contributed by atoms with E-state index < -0.39 is 0 Å². The van der Waals surface area contributed by atoms with Crippen LogP contribution in [0.3, 0.4) is 0 Å². The van der Waals surface area contributed by atoms with Crippen LogP contribution in [0.1, 0.15) is 22.8 Å². The Morgan fingerprint density at radius 2 is 2.36 bits per heavy atom.